The highest BCUT2D eigenvalue weighted by molar-refractivity contribution is 5.97. The van der Waals surface area contributed by atoms with Gasteiger partial charge in [0.05, 0.1) is 17.3 Å². The summed E-state index contributed by atoms with van der Waals surface area (Å²) in [5.41, 5.74) is 3.01. The molecule has 0 aromatic heterocycles. The third-order valence-corrected chi connectivity index (χ3v) is 3.22. The number of amides is 2. The second-order valence-electron chi connectivity index (χ2n) is 4.36. The van der Waals surface area contributed by atoms with Gasteiger partial charge in [0.25, 0.3) is 0 Å². The molecule has 0 saturated heterocycles. The SMILES string of the molecule is Cc1ccccc1C1NC(=O)NC2=C1C(=O)OC2. The Bertz CT molecular complexity index is 577. The topological polar surface area (TPSA) is 67.4 Å². The normalized spacial score (nSPS) is 22.2. The van der Waals surface area contributed by atoms with Crippen molar-refractivity contribution in [3.63, 3.8) is 0 Å². The molecule has 3 rings (SSSR count). The van der Waals surface area contributed by atoms with Crippen LogP contribution < -0.4 is 10.6 Å². The molecule has 1 aromatic rings. The van der Waals surface area contributed by atoms with E-state index in [1.807, 2.05) is 31.2 Å². The van der Waals surface area contributed by atoms with Crippen molar-refractivity contribution < 1.29 is 14.3 Å². The van der Waals surface area contributed by atoms with E-state index in [0.717, 1.165) is 11.1 Å². The number of rotatable bonds is 1. The maximum atomic E-state index is 11.7. The van der Waals surface area contributed by atoms with Crippen molar-refractivity contribution in [2.45, 2.75) is 13.0 Å². The first-order valence-electron chi connectivity index (χ1n) is 5.70. The standard InChI is InChI=1S/C13H12N2O3/c1-7-4-2-3-5-8(7)11-10-9(6-18-12(10)16)14-13(17)15-11/h2-5,11H,6H2,1H3,(H2,14,15,17). The molecule has 92 valence electrons. The van der Waals surface area contributed by atoms with Crippen molar-refractivity contribution in [1.29, 1.82) is 0 Å². The van der Waals surface area contributed by atoms with Gasteiger partial charge in [-0.05, 0) is 18.1 Å². The Hall–Kier alpha value is -2.30. The van der Waals surface area contributed by atoms with Gasteiger partial charge in [0.15, 0.2) is 0 Å². The molecule has 0 bridgehead atoms. The lowest BCUT2D eigenvalue weighted by Gasteiger charge is -2.25. The van der Waals surface area contributed by atoms with Gasteiger partial charge in [-0.2, -0.15) is 0 Å². The third-order valence-electron chi connectivity index (χ3n) is 3.22. The highest BCUT2D eigenvalue weighted by atomic mass is 16.5. The summed E-state index contributed by atoms with van der Waals surface area (Å²) < 4.78 is 4.97. The Kier molecular flexibility index (Phi) is 2.33. The molecule has 2 amide bonds. The van der Waals surface area contributed by atoms with Crippen molar-refractivity contribution in [2.24, 2.45) is 0 Å². The van der Waals surface area contributed by atoms with Crippen LogP contribution in [-0.2, 0) is 9.53 Å². The molecule has 1 atom stereocenters. The second-order valence-corrected chi connectivity index (χ2v) is 4.36. The minimum Gasteiger partial charge on any atom is -0.456 e. The van der Waals surface area contributed by atoms with E-state index < -0.39 is 6.04 Å². The zero-order chi connectivity index (χ0) is 12.7. The van der Waals surface area contributed by atoms with Gasteiger partial charge in [-0.25, -0.2) is 9.59 Å². The molecule has 5 heteroatoms. The maximum Gasteiger partial charge on any atom is 0.338 e. The minimum atomic E-state index is -0.426. The first-order chi connectivity index (χ1) is 8.66. The van der Waals surface area contributed by atoms with Crippen molar-refractivity contribution in [2.75, 3.05) is 6.61 Å². The summed E-state index contributed by atoms with van der Waals surface area (Å²) in [6, 6.07) is 6.93. The molecule has 2 aliphatic rings. The average Bonchev–Trinajstić information content (AvgIpc) is 2.71. The number of cyclic esters (lactones) is 1. The number of carbonyl (C=O) groups is 2. The minimum absolute atomic E-state index is 0.143. The lowest BCUT2D eigenvalue weighted by atomic mass is 9.93. The molecule has 0 aliphatic carbocycles. The Balaban J connectivity index is 2.10. The summed E-state index contributed by atoms with van der Waals surface area (Å²) in [7, 11) is 0. The summed E-state index contributed by atoms with van der Waals surface area (Å²) in [5, 5.41) is 5.38. The van der Waals surface area contributed by atoms with E-state index in [9.17, 15) is 9.59 Å². The molecule has 2 heterocycles. The molecule has 18 heavy (non-hydrogen) atoms. The zero-order valence-corrected chi connectivity index (χ0v) is 9.82. The number of esters is 1. The third kappa shape index (κ3) is 1.55. The largest absolute Gasteiger partial charge is 0.456 e. The molecular weight excluding hydrogens is 232 g/mol. The summed E-state index contributed by atoms with van der Waals surface area (Å²) in [5.74, 6) is -0.370. The predicted molar refractivity (Wildman–Crippen MR) is 63.6 cm³/mol. The monoisotopic (exact) mass is 244 g/mol. The van der Waals surface area contributed by atoms with Crippen LogP contribution in [0.5, 0.6) is 0 Å². The van der Waals surface area contributed by atoms with E-state index in [-0.39, 0.29) is 18.6 Å². The summed E-state index contributed by atoms with van der Waals surface area (Å²) >= 11 is 0. The Labute approximate surface area is 104 Å². The number of benzene rings is 1. The molecule has 0 radical (unpaired) electrons. The van der Waals surface area contributed by atoms with Crippen molar-refractivity contribution >= 4 is 12.0 Å². The van der Waals surface area contributed by atoms with Gasteiger partial charge >= 0.3 is 12.0 Å². The van der Waals surface area contributed by atoms with Crippen molar-refractivity contribution in [3.05, 3.63) is 46.7 Å². The number of hydrogen-bond acceptors (Lipinski definition) is 3. The smallest absolute Gasteiger partial charge is 0.338 e. The van der Waals surface area contributed by atoms with Crippen LogP contribution in [0.1, 0.15) is 17.2 Å². The first-order valence-corrected chi connectivity index (χ1v) is 5.70. The van der Waals surface area contributed by atoms with Gasteiger partial charge in [0.2, 0.25) is 0 Å². The molecule has 0 spiro atoms. The summed E-state index contributed by atoms with van der Waals surface area (Å²) in [6.45, 7) is 2.09. The summed E-state index contributed by atoms with van der Waals surface area (Å²) in [4.78, 5) is 23.3. The van der Waals surface area contributed by atoms with Crippen LogP contribution in [-0.4, -0.2) is 18.6 Å². The Morgan fingerprint density at radius 1 is 1.28 bits per heavy atom. The molecule has 5 nitrogen and oxygen atoms in total. The van der Waals surface area contributed by atoms with Crippen LogP contribution in [0.15, 0.2) is 35.5 Å². The highest BCUT2D eigenvalue weighted by Crippen LogP contribution is 2.32. The van der Waals surface area contributed by atoms with E-state index >= 15 is 0 Å². The highest BCUT2D eigenvalue weighted by Gasteiger charge is 2.38. The van der Waals surface area contributed by atoms with Crippen LogP contribution >= 0.6 is 0 Å². The van der Waals surface area contributed by atoms with E-state index in [0.29, 0.717) is 11.3 Å². The Morgan fingerprint density at radius 2 is 2.06 bits per heavy atom. The fraction of sp³-hybridized carbons (Fsp3) is 0.231. The van der Waals surface area contributed by atoms with Crippen LogP contribution in [0, 0.1) is 6.92 Å². The lowest BCUT2D eigenvalue weighted by Crippen LogP contribution is -2.44. The fourth-order valence-corrected chi connectivity index (χ4v) is 2.33. The van der Waals surface area contributed by atoms with E-state index in [1.165, 1.54) is 0 Å². The van der Waals surface area contributed by atoms with Crippen LogP contribution in [0.3, 0.4) is 0 Å². The molecule has 0 saturated carbocycles. The van der Waals surface area contributed by atoms with Gasteiger partial charge in [0, 0.05) is 0 Å². The number of nitrogens with one attached hydrogen (secondary N) is 2. The van der Waals surface area contributed by atoms with Gasteiger partial charge < -0.3 is 15.4 Å². The van der Waals surface area contributed by atoms with Crippen LogP contribution in [0.25, 0.3) is 0 Å². The average molecular weight is 244 g/mol. The first kappa shape index (κ1) is 10.8. The Morgan fingerprint density at radius 3 is 2.83 bits per heavy atom. The molecule has 1 unspecified atom stereocenters. The number of aryl methyl sites for hydroxylation is 1. The number of carbonyl (C=O) groups excluding carboxylic acids is 2. The van der Waals surface area contributed by atoms with E-state index in [2.05, 4.69) is 10.6 Å². The number of ether oxygens (including phenoxy) is 1. The quantitative estimate of drug-likeness (QED) is 0.728. The predicted octanol–water partition coefficient (Wildman–Crippen LogP) is 1.16. The van der Waals surface area contributed by atoms with Crippen molar-refractivity contribution in [3.8, 4) is 0 Å². The van der Waals surface area contributed by atoms with Gasteiger partial charge in [-0.1, -0.05) is 24.3 Å². The van der Waals surface area contributed by atoms with E-state index in [4.69, 9.17) is 4.74 Å². The molecule has 1 aromatic carbocycles. The molecule has 2 N–H and O–H groups in total. The van der Waals surface area contributed by atoms with Crippen molar-refractivity contribution in [1.82, 2.24) is 10.6 Å². The summed E-state index contributed by atoms with van der Waals surface area (Å²) in [6.07, 6.45) is 0. The molecular formula is C13H12N2O3. The molecule has 0 fully saturated rings. The number of urea groups is 1. The van der Waals surface area contributed by atoms with Gasteiger partial charge in [0.1, 0.15) is 6.61 Å². The van der Waals surface area contributed by atoms with Gasteiger partial charge in [-0.3, -0.25) is 0 Å². The fourth-order valence-electron chi connectivity index (χ4n) is 2.33. The second kappa shape index (κ2) is 3.87. The number of hydrogen-bond donors (Lipinski definition) is 2. The van der Waals surface area contributed by atoms with Crippen LogP contribution in [0.4, 0.5) is 4.79 Å². The van der Waals surface area contributed by atoms with Gasteiger partial charge in [-0.15, -0.1) is 0 Å². The van der Waals surface area contributed by atoms with Crippen LogP contribution in [0.2, 0.25) is 0 Å². The van der Waals surface area contributed by atoms with E-state index in [1.54, 1.807) is 0 Å². The lowest BCUT2D eigenvalue weighted by molar-refractivity contribution is -0.136. The molecule has 2 aliphatic heterocycles. The maximum absolute atomic E-state index is 11.7. The zero-order valence-electron chi connectivity index (χ0n) is 9.82.